The fourth-order valence-electron chi connectivity index (χ4n) is 2.08. The first kappa shape index (κ1) is 19.6. The van der Waals surface area contributed by atoms with Gasteiger partial charge >= 0.3 is 6.18 Å². The van der Waals surface area contributed by atoms with Crippen LogP contribution in [0.3, 0.4) is 0 Å². The number of hydrogen-bond acceptors (Lipinski definition) is 4. The van der Waals surface area contributed by atoms with Crippen LogP contribution in [0, 0.1) is 17.2 Å². The van der Waals surface area contributed by atoms with E-state index in [1.54, 1.807) is 13.8 Å². The minimum absolute atomic E-state index is 0.209. The molecule has 1 amide bonds. The largest absolute Gasteiger partial charge is 0.418 e. The quantitative estimate of drug-likeness (QED) is 0.772. The summed E-state index contributed by atoms with van der Waals surface area (Å²) in [6.45, 7) is 3.50. The van der Waals surface area contributed by atoms with Crippen LogP contribution in [0.15, 0.2) is 24.3 Å². The van der Waals surface area contributed by atoms with Crippen molar-refractivity contribution in [2.24, 2.45) is 5.92 Å². The number of nitrogens with one attached hydrogen (secondary N) is 1. The lowest BCUT2D eigenvalue weighted by atomic mass is 9.98. The van der Waals surface area contributed by atoms with Crippen molar-refractivity contribution in [3.05, 3.63) is 29.8 Å². The van der Waals surface area contributed by atoms with Crippen LogP contribution in [0.2, 0.25) is 0 Å². The number of ether oxygens (including phenoxy) is 1. The summed E-state index contributed by atoms with van der Waals surface area (Å²) in [4.78, 5) is 24.3. The van der Waals surface area contributed by atoms with Gasteiger partial charge in [-0.05, 0) is 25.5 Å². The van der Waals surface area contributed by atoms with Gasteiger partial charge in [-0.15, -0.1) is 0 Å². The molecule has 0 aliphatic carbocycles. The Kier molecular flexibility index (Phi) is 6.92. The molecular formula is C16H17F3N2O3. The summed E-state index contributed by atoms with van der Waals surface area (Å²) >= 11 is 0. The van der Waals surface area contributed by atoms with Crippen molar-refractivity contribution in [1.29, 1.82) is 5.26 Å². The third kappa shape index (κ3) is 4.80. The predicted molar refractivity (Wildman–Crippen MR) is 79.9 cm³/mol. The van der Waals surface area contributed by atoms with Crippen molar-refractivity contribution in [2.75, 3.05) is 11.9 Å². The van der Waals surface area contributed by atoms with Gasteiger partial charge in [-0.25, -0.2) is 0 Å². The normalized spacial score (nSPS) is 13.7. The lowest BCUT2D eigenvalue weighted by molar-refractivity contribution is -0.137. The molecule has 1 rings (SSSR count). The summed E-state index contributed by atoms with van der Waals surface area (Å²) in [5.74, 6) is -3.64. The summed E-state index contributed by atoms with van der Waals surface area (Å²) in [5, 5.41) is 11.1. The zero-order valence-corrected chi connectivity index (χ0v) is 13.2. The lowest BCUT2D eigenvalue weighted by Gasteiger charge is -2.18. The Morgan fingerprint density at radius 2 is 1.92 bits per heavy atom. The van der Waals surface area contributed by atoms with Crippen molar-refractivity contribution in [3.63, 3.8) is 0 Å². The Labute approximate surface area is 137 Å². The van der Waals surface area contributed by atoms with Gasteiger partial charge < -0.3 is 10.1 Å². The molecule has 130 valence electrons. The number of ketones is 1. The molecule has 24 heavy (non-hydrogen) atoms. The van der Waals surface area contributed by atoms with E-state index in [4.69, 9.17) is 10.00 Å². The Bertz CT molecular complexity index is 638. The number of Topliss-reactive ketones (excluding diaryl/α,β-unsaturated/α-hetero) is 1. The SMILES string of the molecule is CCO[C@H](CC)C(=O)[C@H](C#N)C(=O)Nc1ccccc1C(F)(F)F. The van der Waals surface area contributed by atoms with Crippen LogP contribution in [0.1, 0.15) is 25.8 Å². The number of benzene rings is 1. The summed E-state index contributed by atoms with van der Waals surface area (Å²) in [7, 11) is 0. The zero-order valence-electron chi connectivity index (χ0n) is 13.2. The predicted octanol–water partition coefficient (Wildman–Crippen LogP) is 3.17. The Morgan fingerprint density at radius 1 is 1.29 bits per heavy atom. The van der Waals surface area contributed by atoms with E-state index >= 15 is 0 Å². The lowest BCUT2D eigenvalue weighted by Crippen LogP contribution is -2.37. The summed E-state index contributed by atoms with van der Waals surface area (Å²) in [5.41, 5.74) is -1.56. The fourth-order valence-corrected chi connectivity index (χ4v) is 2.08. The first-order chi connectivity index (χ1) is 11.3. The summed E-state index contributed by atoms with van der Waals surface area (Å²) in [6, 6.07) is 5.87. The van der Waals surface area contributed by atoms with Crippen molar-refractivity contribution in [1.82, 2.24) is 0 Å². The molecule has 0 aliphatic rings. The first-order valence-corrected chi connectivity index (χ1v) is 7.28. The maximum absolute atomic E-state index is 12.9. The third-order valence-electron chi connectivity index (χ3n) is 3.22. The maximum atomic E-state index is 12.9. The first-order valence-electron chi connectivity index (χ1n) is 7.28. The van der Waals surface area contributed by atoms with E-state index in [1.165, 1.54) is 18.2 Å². The Hall–Kier alpha value is -2.40. The number of para-hydroxylation sites is 1. The van der Waals surface area contributed by atoms with E-state index in [1.807, 2.05) is 5.32 Å². The average Bonchev–Trinajstić information content (AvgIpc) is 2.52. The molecule has 1 aromatic carbocycles. The minimum Gasteiger partial charge on any atom is -0.371 e. The number of carbonyl (C=O) groups is 2. The molecule has 0 heterocycles. The van der Waals surface area contributed by atoms with Gasteiger partial charge in [0.15, 0.2) is 11.7 Å². The van der Waals surface area contributed by atoms with Crippen molar-refractivity contribution in [2.45, 2.75) is 32.5 Å². The Morgan fingerprint density at radius 3 is 2.42 bits per heavy atom. The van der Waals surface area contributed by atoms with E-state index in [0.717, 1.165) is 12.1 Å². The average molecular weight is 342 g/mol. The standard InChI is InChI=1S/C16H17F3N2O3/c1-3-13(24-4-2)14(22)10(9-20)15(23)21-12-8-6-5-7-11(12)16(17,18)19/h5-8,10,13H,3-4H2,1-2H3,(H,21,23)/t10-,13+/m0/s1. The number of hydrogen-bond donors (Lipinski definition) is 1. The molecule has 0 saturated carbocycles. The smallest absolute Gasteiger partial charge is 0.371 e. The highest BCUT2D eigenvalue weighted by Gasteiger charge is 2.36. The molecule has 0 unspecified atom stereocenters. The van der Waals surface area contributed by atoms with Gasteiger partial charge in [0.25, 0.3) is 0 Å². The van der Waals surface area contributed by atoms with E-state index in [-0.39, 0.29) is 13.0 Å². The molecule has 0 fully saturated rings. The molecule has 0 spiro atoms. The van der Waals surface area contributed by atoms with Crippen molar-refractivity contribution < 1.29 is 27.5 Å². The minimum atomic E-state index is -4.67. The van der Waals surface area contributed by atoms with Gasteiger partial charge in [0.05, 0.1) is 17.3 Å². The number of nitrogens with zero attached hydrogens (tertiary/aromatic N) is 1. The number of rotatable bonds is 7. The number of alkyl halides is 3. The number of halogens is 3. The fraction of sp³-hybridized carbons (Fsp3) is 0.438. The van der Waals surface area contributed by atoms with Crippen LogP contribution in [-0.4, -0.2) is 24.4 Å². The second-order valence-electron chi connectivity index (χ2n) is 4.85. The van der Waals surface area contributed by atoms with Crippen LogP contribution in [-0.2, 0) is 20.5 Å². The van der Waals surface area contributed by atoms with Crippen LogP contribution in [0.5, 0.6) is 0 Å². The van der Waals surface area contributed by atoms with E-state index in [9.17, 15) is 22.8 Å². The second kappa shape index (κ2) is 8.45. The number of carbonyl (C=O) groups excluding carboxylic acids is 2. The van der Waals surface area contributed by atoms with Crippen molar-refractivity contribution >= 4 is 17.4 Å². The highest BCUT2D eigenvalue weighted by atomic mass is 19.4. The number of amides is 1. The van der Waals surface area contributed by atoms with Crippen molar-refractivity contribution in [3.8, 4) is 6.07 Å². The molecular weight excluding hydrogens is 325 g/mol. The summed E-state index contributed by atoms with van der Waals surface area (Å²) in [6.07, 6.45) is -5.38. The Balaban J connectivity index is 3.02. The van der Waals surface area contributed by atoms with E-state index in [0.29, 0.717) is 0 Å². The van der Waals surface area contributed by atoms with Crippen LogP contribution < -0.4 is 5.32 Å². The van der Waals surface area contributed by atoms with Crippen LogP contribution in [0.25, 0.3) is 0 Å². The van der Waals surface area contributed by atoms with Crippen LogP contribution >= 0.6 is 0 Å². The summed E-state index contributed by atoms with van der Waals surface area (Å²) < 4.78 is 43.9. The van der Waals surface area contributed by atoms with Gasteiger partial charge in [0.2, 0.25) is 5.91 Å². The van der Waals surface area contributed by atoms with Gasteiger partial charge in [-0.2, -0.15) is 18.4 Å². The molecule has 0 aliphatic heterocycles. The highest BCUT2D eigenvalue weighted by Crippen LogP contribution is 2.34. The molecule has 0 radical (unpaired) electrons. The van der Waals surface area contributed by atoms with Crippen LogP contribution in [0.4, 0.5) is 18.9 Å². The topological polar surface area (TPSA) is 79.2 Å². The molecule has 0 aromatic heterocycles. The monoisotopic (exact) mass is 342 g/mol. The van der Waals surface area contributed by atoms with Gasteiger partial charge in [-0.1, -0.05) is 19.1 Å². The second-order valence-corrected chi connectivity index (χ2v) is 4.85. The van der Waals surface area contributed by atoms with Gasteiger partial charge in [0.1, 0.15) is 6.10 Å². The molecule has 0 saturated heterocycles. The molecule has 0 bridgehead atoms. The molecule has 8 heteroatoms. The van der Waals surface area contributed by atoms with Gasteiger partial charge in [0, 0.05) is 6.61 Å². The molecule has 1 aromatic rings. The number of nitriles is 1. The van der Waals surface area contributed by atoms with Gasteiger partial charge in [-0.3, -0.25) is 9.59 Å². The molecule has 1 N–H and O–H groups in total. The molecule has 2 atom stereocenters. The van der Waals surface area contributed by atoms with E-state index in [2.05, 4.69) is 0 Å². The highest BCUT2D eigenvalue weighted by molar-refractivity contribution is 6.11. The zero-order chi connectivity index (χ0) is 18.3. The van der Waals surface area contributed by atoms with E-state index < -0.39 is 41.1 Å². The third-order valence-corrected chi connectivity index (χ3v) is 3.22. The number of anilines is 1. The maximum Gasteiger partial charge on any atom is 0.418 e. The molecule has 5 nitrogen and oxygen atoms in total.